The van der Waals surface area contributed by atoms with Crippen LogP contribution in [0.2, 0.25) is 0 Å². The molecule has 3 heteroatoms. The summed E-state index contributed by atoms with van der Waals surface area (Å²) < 4.78 is 14.5. The van der Waals surface area contributed by atoms with Crippen LogP contribution in [0.1, 0.15) is 43.5 Å². The smallest absolute Gasteiger partial charge is 0.123 e. The Hall–Kier alpha value is -0.930. The van der Waals surface area contributed by atoms with Crippen molar-refractivity contribution in [2.24, 2.45) is 5.92 Å². The SMILES string of the molecule is CCCNC(c1cc2cc(F)ccc2s1)C1CCC1. The van der Waals surface area contributed by atoms with Gasteiger partial charge in [-0.1, -0.05) is 13.3 Å². The van der Waals surface area contributed by atoms with Gasteiger partial charge in [0.2, 0.25) is 0 Å². The number of hydrogen-bond donors (Lipinski definition) is 1. The molecule has 102 valence electrons. The Kier molecular flexibility index (Phi) is 3.85. The number of hydrogen-bond acceptors (Lipinski definition) is 2. The molecule has 0 bridgehead atoms. The van der Waals surface area contributed by atoms with Gasteiger partial charge in [-0.05, 0) is 61.4 Å². The van der Waals surface area contributed by atoms with E-state index in [0.29, 0.717) is 6.04 Å². The molecule has 0 aliphatic heterocycles. The van der Waals surface area contributed by atoms with Gasteiger partial charge in [0.05, 0.1) is 0 Å². The molecule has 3 rings (SSSR count). The van der Waals surface area contributed by atoms with E-state index in [1.165, 1.54) is 28.8 Å². The molecule has 1 aromatic heterocycles. The van der Waals surface area contributed by atoms with Crippen molar-refractivity contribution in [1.29, 1.82) is 0 Å². The fourth-order valence-electron chi connectivity index (χ4n) is 2.76. The summed E-state index contributed by atoms with van der Waals surface area (Å²) in [6.07, 6.45) is 5.16. The standard InChI is InChI=1S/C16H20FNS/c1-2-8-18-16(11-4-3-5-11)15-10-12-9-13(17)6-7-14(12)19-15/h6-7,9-11,16,18H,2-5,8H2,1H3. The predicted molar refractivity (Wildman–Crippen MR) is 80.2 cm³/mol. The first-order valence-corrected chi connectivity index (χ1v) is 8.02. The molecule has 1 heterocycles. The van der Waals surface area contributed by atoms with Crippen molar-refractivity contribution in [2.45, 2.75) is 38.6 Å². The van der Waals surface area contributed by atoms with Crippen LogP contribution in [0.3, 0.4) is 0 Å². The second kappa shape index (κ2) is 5.59. The highest BCUT2D eigenvalue weighted by molar-refractivity contribution is 7.19. The molecule has 0 amide bonds. The van der Waals surface area contributed by atoms with Crippen molar-refractivity contribution < 1.29 is 4.39 Å². The van der Waals surface area contributed by atoms with Crippen molar-refractivity contribution in [3.8, 4) is 0 Å². The predicted octanol–water partition coefficient (Wildman–Crippen LogP) is 4.88. The molecule has 1 fully saturated rings. The average Bonchev–Trinajstić information content (AvgIpc) is 2.74. The van der Waals surface area contributed by atoms with E-state index in [0.717, 1.165) is 24.3 Å². The molecule has 0 radical (unpaired) electrons. The fourth-order valence-corrected chi connectivity index (χ4v) is 3.97. The molecule has 1 unspecified atom stereocenters. The van der Waals surface area contributed by atoms with E-state index in [9.17, 15) is 4.39 Å². The molecular formula is C16H20FNS. The molecule has 1 aliphatic carbocycles. The van der Waals surface area contributed by atoms with Gasteiger partial charge < -0.3 is 5.32 Å². The first-order valence-electron chi connectivity index (χ1n) is 7.20. The normalized spacial score (nSPS) is 17.6. The maximum atomic E-state index is 13.3. The molecule has 0 spiro atoms. The Morgan fingerprint density at radius 3 is 2.89 bits per heavy atom. The summed E-state index contributed by atoms with van der Waals surface area (Å²) in [7, 11) is 0. The lowest BCUT2D eigenvalue weighted by Gasteiger charge is -2.34. The molecule has 1 aromatic carbocycles. The Bertz CT molecular complexity index is 559. The van der Waals surface area contributed by atoms with Crippen LogP contribution < -0.4 is 5.32 Å². The van der Waals surface area contributed by atoms with E-state index in [1.807, 2.05) is 17.4 Å². The van der Waals surface area contributed by atoms with Crippen LogP contribution in [0.25, 0.3) is 10.1 Å². The summed E-state index contributed by atoms with van der Waals surface area (Å²) in [5.74, 6) is 0.628. The van der Waals surface area contributed by atoms with Crippen LogP contribution in [-0.4, -0.2) is 6.54 Å². The highest BCUT2D eigenvalue weighted by atomic mass is 32.1. The summed E-state index contributed by atoms with van der Waals surface area (Å²) in [5, 5.41) is 4.72. The number of nitrogens with one attached hydrogen (secondary N) is 1. The van der Waals surface area contributed by atoms with Gasteiger partial charge in [0.15, 0.2) is 0 Å². The highest BCUT2D eigenvalue weighted by Gasteiger charge is 2.29. The lowest BCUT2D eigenvalue weighted by atomic mass is 9.79. The topological polar surface area (TPSA) is 12.0 Å². The first kappa shape index (κ1) is 13.1. The average molecular weight is 277 g/mol. The fraction of sp³-hybridized carbons (Fsp3) is 0.500. The molecule has 1 aliphatic rings. The van der Waals surface area contributed by atoms with Gasteiger partial charge in [0, 0.05) is 15.6 Å². The zero-order chi connectivity index (χ0) is 13.2. The third-order valence-electron chi connectivity index (χ3n) is 4.04. The van der Waals surface area contributed by atoms with Crippen LogP contribution in [-0.2, 0) is 0 Å². The van der Waals surface area contributed by atoms with Gasteiger partial charge in [0.1, 0.15) is 5.82 Å². The van der Waals surface area contributed by atoms with Gasteiger partial charge >= 0.3 is 0 Å². The number of rotatable bonds is 5. The van der Waals surface area contributed by atoms with Crippen molar-refractivity contribution >= 4 is 21.4 Å². The third-order valence-corrected chi connectivity index (χ3v) is 5.24. The van der Waals surface area contributed by atoms with E-state index in [2.05, 4.69) is 18.3 Å². The van der Waals surface area contributed by atoms with Gasteiger partial charge in [-0.3, -0.25) is 0 Å². The molecule has 1 N–H and O–H groups in total. The summed E-state index contributed by atoms with van der Waals surface area (Å²) in [4.78, 5) is 1.37. The number of thiophene rings is 1. The highest BCUT2D eigenvalue weighted by Crippen LogP contribution is 2.41. The summed E-state index contributed by atoms with van der Waals surface area (Å²) in [6, 6.07) is 7.74. The largest absolute Gasteiger partial charge is 0.309 e. The maximum Gasteiger partial charge on any atom is 0.123 e. The minimum Gasteiger partial charge on any atom is -0.309 e. The summed E-state index contributed by atoms with van der Waals surface area (Å²) >= 11 is 1.81. The molecule has 0 saturated heterocycles. The Labute approximate surface area is 117 Å². The van der Waals surface area contributed by atoms with Crippen molar-refractivity contribution in [1.82, 2.24) is 5.32 Å². The minimum atomic E-state index is -0.140. The molecule has 1 saturated carbocycles. The minimum absolute atomic E-state index is 0.140. The van der Waals surface area contributed by atoms with E-state index in [-0.39, 0.29) is 5.82 Å². The Morgan fingerprint density at radius 1 is 1.37 bits per heavy atom. The summed E-state index contributed by atoms with van der Waals surface area (Å²) in [5.41, 5.74) is 0. The van der Waals surface area contributed by atoms with Gasteiger partial charge in [-0.15, -0.1) is 11.3 Å². The molecular weight excluding hydrogens is 257 g/mol. The van der Waals surface area contributed by atoms with Crippen molar-refractivity contribution in [3.63, 3.8) is 0 Å². The monoisotopic (exact) mass is 277 g/mol. The molecule has 19 heavy (non-hydrogen) atoms. The van der Waals surface area contributed by atoms with Crippen LogP contribution in [0.4, 0.5) is 4.39 Å². The van der Waals surface area contributed by atoms with Crippen LogP contribution in [0, 0.1) is 11.7 Å². The van der Waals surface area contributed by atoms with Gasteiger partial charge in [-0.25, -0.2) is 4.39 Å². The van der Waals surface area contributed by atoms with Crippen LogP contribution in [0.15, 0.2) is 24.3 Å². The number of halogens is 1. The van der Waals surface area contributed by atoms with E-state index < -0.39 is 0 Å². The number of benzene rings is 1. The molecule has 2 aromatic rings. The molecule has 1 atom stereocenters. The van der Waals surface area contributed by atoms with Gasteiger partial charge in [-0.2, -0.15) is 0 Å². The lowest BCUT2D eigenvalue weighted by molar-refractivity contribution is 0.234. The van der Waals surface area contributed by atoms with E-state index in [4.69, 9.17) is 0 Å². The summed E-state index contributed by atoms with van der Waals surface area (Å²) in [6.45, 7) is 3.26. The van der Waals surface area contributed by atoms with Gasteiger partial charge in [0.25, 0.3) is 0 Å². The van der Waals surface area contributed by atoms with Crippen molar-refractivity contribution in [3.05, 3.63) is 35.0 Å². The third kappa shape index (κ3) is 2.67. The lowest BCUT2D eigenvalue weighted by Crippen LogP contribution is -2.32. The van der Waals surface area contributed by atoms with Crippen LogP contribution in [0.5, 0.6) is 0 Å². The molecule has 1 nitrogen and oxygen atoms in total. The van der Waals surface area contributed by atoms with E-state index in [1.54, 1.807) is 12.1 Å². The first-order chi connectivity index (χ1) is 9.28. The maximum absolute atomic E-state index is 13.3. The number of fused-ring (bicyclic) bond motifs is 1. The van der Waals surface area contributed by atoms with Crippen LogP contribution >= 0.6 is 11.3 Å². The van der Waals surface area contributed by atoms with E-state index >= 15 is 0 Å². The second-order valence-electron chi connectivity index (χ2n) is 5.45. The Balaban J connectivity index is 1.89. The second-order valence-corrected chi connectivity index (χ2v) is 6.57. The van der Waals surface area contributed by atoms with Crippen molar-refractivity contribution in [2.75, 3.05) is 6.54 Å². The zero-order valence-electron chi connectivity index (χ0n) is 11.3. The Morgan fingerprint density at radius 2 is 2.21 bits per heavy atom. The zero-order valence-corrected chi connectivity index (χ0v) is 12.1. The quantitative estimate of drug-likeness (QED) is 0.821.